The number of hydrogen-bond acceptors (Lipinski definition) is 3. The van der Waals surface area contributed by atoms with Crippen LogP contribution < -0.4 is 10.6 Å². The average molecular weight is 515 g/mol. The van der Waals surface area contributed by atoms with Crippen molar-refractivity contribution in [3.05, 3.63) is 124 Å². The van der Waals surface area contributed by atoms with Gasteiger partial charge in [-0.1, -0.05) is 76.6 Å². The van der Waals surface area contributed by atoms with E-state index < -0.39 is 5.91 Å². The first-order valence-electron chi connectivity index (χ1n) is 10.8. The third-order valence-corrected chi connectivity index (χ3v) is 5.75. The molecule has 2 N–H and O–H groups in total. The van der Waals surface area contributed by atoms with Crippen LogP contribution in [0.15, 0.2) is 112 Å². The lowest BCUT2D eigenvalue weighted by Gasteiger charge is -2.16. The van der Waals surface area contributed by atoms with Crippen LogP contribution in [0, 0.1) is 0 Å². The number of benzene rings is 3. The number of amides is 2. The number of halogens is 1. The quantitative estimate of drug-likeness (QED) is 0.282. The Morgan fingerprint density at radius 2 is 1.50 bits per heavy atom. The molecule has 1 heterocycles. The molecule has 0 fully saturated rings. The van der Waals surface area contributed by atoms with Gasteiger partial charge in [-0.2, -0.15) is 0 Å². The number of furan rings is 1. The largest absolute Gasteiger partial charge is 0.457 e. The van der Waals surface area contributed by atoms with E-state index >= 15 is 0 Å². The van der Waals surface area contributed by atoms with Gasteiger partial charge in [0, 0.05) is 21.7 Å². The third kappa shape index (κ3) is 5.91. The first kappa shape index (κ1) is 23.3. The van der Waals surface area contributed by atoms with E-state index in [1.165, 1.54) is 6.08 Å². The van der Waals surface area contributed by atoms with E-state index in [1.807, 2.05) is 73.7 Å². The van der Waals surface area contributed by atoms with E-state index in [9.17, 15) is 9.59 Å². The summed E-state index contributed by atoms with van der Waals surface area (Å²) in [5.41, 5.74) is 2.40. The SMILES string of the molecule is C[C@@H](NC(=O)/C(=C/c1ccc(-c2ccc(Br)cc2)o1)NC(=O)c1ccccc1)c1ccccc1. The Bertz CT molecular complexity index is 1300. The summed E-state index contributed by atoms with van der Waals surface area (Å²) in [6.07, 6.45) is 1.54. The lowest BCUT2D eigenvalue weighted by Crippen LogP contribution is -2.36. The minimum atomic E-state index is -0.415. The highest BCUT2D eigenvalue weighted by Gasteiger charge is 2.18. The van der Waals surface area contributed by atoms with Gasteiger partial charge in [0.05, 0.1) is 6.04 Å². The van der Waals surface area contributed by atoms with Crippen molar-refractivity contribution in [3.8, 4) is 11.3 Å². The Balaban J connectivity index is 1.60. The highest BCUT2D eigenvalue weighted by Crippen LogP contribution is 2.25. The Hall–Kier alpha value is -3.90. The van der Waals surface area contributed by atoms with Crippen molar-refractivity contribution in [1.82, 2.24) is 10.6 Å². The summed E-state index contributed by atoms with van der Waals surface area (Å²) in [6.45, 7) is 1.89. The molecule has 1 aromatic heterocycles. The van der Waals surface area contributed by atoms with Crippen LogP contribution in [0.25, 0.3) is 17.4 Å². The highest BCUT2D eigenvalue weighted by molar-refractivity contribution is 9.10. The lowest BCUT2D eigenvalue weighted by atomic mass is 10.1. The van der Waals surface area contributed by atoms with Crippen molar-refractivity contribution in [2.45, 2.75) is 13.0 Å². The van der Waals surface area contributed by atoms with Gasteiger partial charge in [0.2, 0.25) is 0 Å². The minimum Gasteiger partial charge on any atom is -0.457 e. The van der Waals surface area contributed by atoms with E-state index in [2.05, 4.69) is 26.6 Å². The molecule has 3 aromatic carbocycles. The summed E-state index contributed by atoms with van der Waals surface area (Å²) < 4.78 is 6.91. The Labute approximate surface area is 206 Å². The number of carbonyl (C=O) groups excluding carboxylic acids is 2. The summed E-state index contributed by atoms with van der Waals surface area (Å²) in [7, 11) is 0. The molecular weight excluding hydrogens is 492 g/mol. The summed E-state index contributed by atoms with van der Waals surface area (Å²) in [6, 6.07) is 29.4. The third-order valence-electron chi connectivity index (χ3n) is 5.22. The zero-order chi connectivity index (χ0) is 23.9. The second-order valence-corrected chi connectivity index (χ2v) is 8.61. The van der Waals surface area contributed by atoms with Crippen LogP contribution in [0.3, 0.4) is 0 Å². The minimum absolute atomic E-state index is 0.0911. The molecule has 0 aliphatic rings. The molecule has 0 saturated carbocycles. The molecule has 0 bridgehead atoms. The van der Waals surface area contributed by atoms with Gasteiger partial charge in [-0.15, -0.1) is 0 Å². The van der Waals surface area contributed by atoms with Gasteiger partial charge in [0.1, 0.15) is 17.2 Å². The Morgan fingerprint density at radius 1 is 0.853 bits per heavy atom. The maximum absolute atomic E-state index is 13.2. The van der Waals surface area contributed by atoms with Crippen LogP contribution in [0.1, 0.15) is 34.6 Å². The van der Waals surface area contributed by atoms with Crippen LogP contribution in [0.4, 0.5) is 0 Å². The molecule has 0 spiro atoms. The molecule has 1 atom stereocenters. The molecule has 6 heteroatoms. The van der Waals surface area contributed by atoms with E-state index in [4.69, 9.17) is 4.42 Å². The zero-order valence-electron chi connectivity index (χ0n) is 18.5. The number of carbonyl (C=O) groups is 2. The second-order valence-electron chi connectivity index (χ2n) is 7.69. The van der Waals surface area contributed by atoms with Crippen LogP contribution in [0.5, 0.6) is 0 Å². The van der Waals surface area contributed by atoms with E-state index in [1.54, 1.807) is 30.3 Å². The molecular formula is C28H23BrN2O3. The van der Waals surface area contributed by atoms with Gasteiger partial charge in [-0.3, -0.25) is 9.59 Å². The van der Waals surface area contributed by atoms with Crippen molar-refractivity contribution < 1.29 is 14.0 Å². The number of hydrogen-bond donors (Lipinski definition) is 2. The second kappa shape index (κ2) is 10.8. The van der Waals surface area contributed by atoms with Gasteiger partial charge >= 0.3 is 0 Å². The normalized spacial score (nSPS) is 12.1. The van der Waals surface area contributed by atoms with E-state index in [0.29, 0.717) is 17.1 Å². The Morgan fingerprint density at radius 3 is 2.18 bits per heavy atom. The maximum atomic E-state index is 13.2. The van der Waals surface area contributed by atoms with E-state index in [-0.39, 0.29) is 17.6 Å². The van der Waals surface area contributed by atoms with Gasteiger partial charge < -0.3 is 15.1 Å². The molecule has 2 amide bonds. The van der Waals surface area contributed by atoms with Crippen molar-refractivity contribution in [1.29, 1.82) is 0 Å². The van der Waals surface area contributed by atoms with Crippen LogP contribution >= 0.6 is 15.9 Å². The summed E-state index contributed by atoms with van der Waals surface area (Å²) >= 11 is 3.43. The fraction of sp³-hybridized carbons (Fsp3) is 0.0714. The standard InChI is InChI=1S/C28H23BrN2O3/c1-19(20-8-4-2-5-9-20)30-28(33)25(31-27(32)22-10-6-3-7-11-22)18-24-16-17-26(34-24)21-12-14-23(29)15-13-21/h2-19H,1H3,(H,30,33)(H,31,32)/b25-18-/t19-/m1/s1. The molecule has 0 aliphatic heterocycles. The fourth-order valence-electron chi connectivity index (χ4n) is 3.38. The van der Waals surface area contributed by atoms with Gasteiger partial charge in [-0.25, -0.2) is 0 Å². The van der Waals surface area contributed by atoms with Gasteiger partial charge in [-0.05, 0) is 48.9 Å². The summed E-state index contributed by atoms with van der Waals surface area (Å²) in [5, 5.41) is 5.69. The molecule has 4 aromatic rings. The number of nitrogens with one attached hydrogen (secondary N) is 2. The van der Waals surface area contributed by atoms with Crippen molar-refractivity contribution in [2.24, 2.45) is 0 Å². The predicted octanol–water partition coefficient (Wildman–Crippen LogP) is 6.36. The zero-order valence-corrected chi connectivity index (χ0v) is 20.1. The smallest absolute Gasteiger partial charge is 0.268 e. The molecule has 0 unspecified atom stereocenters. The molecule has 34 heavy (non-hydrogen) atoms. The number of rotatable bonds is 7. The average Bonchev–Trinajstić information content (AvgIpc) is 3.33. The van der Waals surface area contributed by atoms with Crippen molar-refractivity contribution >= 4 is 33.8 Å². The summed E-state index contributed by atoms with van der Waals surface area (Å²) in [4.78, 5) is 26.0. The van der Waals surface area contributed by atoms with Crippen LogP contribution in [-0.4, -0.2) is 11.8 Å². The van der Waals surface area contributed by atoms with Crippen LogP contribution in [-0.2, 0) is 4.79 Å². The molecule has 0 radical (unpaired) electrons. The summed E-state index contributed by atoms with van der Waals surface area (Å²) in [5.74, 6) is 0.311. The lowest BCUT2D eigenvalue weighted by molar-refractivity contribution is -0.118. The first-order valence-corrected chi connectivity index (χ1v) is 11.6. The predicted molar refractivity (Wildman–Crippen MR) is 137 cm³/mol. The van der Waals surface area contributed by atoms with Crippen molar-refractivity contribution in [3.63, 3.8) is 0 Å². The van der Waals surface area contributed by atoms with Gasteiger partial charge in [0.25, 0.3) is 11.8 Å². The van der Waals surface area contributed by atoms with Gasteiger partial charge in [0.15, 0.2) is 0 Å². The monoisotopic (exact) mass is 514 g/mol. The molecule has 5 nitrogen and oxygen atoms in total. The topological polar surface area (TPSA) is 71.3 Å². The maximum Gasteiger partial charge on any atom is 0.268 e. The first-order chi connectivity index (χ1) is 16.5. The highest BCUT2D eigenvalue weighted by atomic mass is 79.9. The molecule has 170 valence electrons. The van der Waals surface area contributed by atoms with Crippen LogP contribution in [0.2, 0.25) is 0 Å². The van der Waals surface area contributed by atoms with E-state index in [0.717, 1.165) is 15.6 Å². The van der Waals surface area contributed by atoms with Crippen molar-refractivity contribution in [2.75, 3.05) is 0 Å². The molecule has 0 aliphatic carbocycles. The Kier molecular flexibility index (Phi) is 7.40. The molecule has 0 saturated heterocycles. The fourth-order valence-corrected chi connectivity index (χ4v) is 3.65. The molecule has 4 rings (SSSR count).